The van der Waals surface area contributed by atoms with Crippen LogP contribution in [0.5, 0.6) is 0 Å². The van der Waals surface area contributed by atoms with E-state index in [0.29, 0.717) is 0 Å². The van der Waals surface area contributed by atoms with E-state index < -0.39 is 0 Å². The Hall–Kier alpha value is -5.29. The molecular weight excluding hydrogens is 585 g/mol. The summed E-state index contributed by atoms with van der Waals surface area (Å²) in [6.07, 6.45) is 0. The number of anilines is 3. The topological polar surface area (TPSA) is 16.1 Å². The Balaban J connectivity index is 1.19. The largest absolute Gasteiger partial charge is 0.310 e. The normalized spacial score (nSPS) is 12.0. The lowest BCUT2D eigenvalue weighted by Crippen LogP contribution is -2.09. The van der Waals surface area contributed by atoms with Gasteiger partial charge < -0.3 is 4.90 Å². The van der Waals surface area contributed by atoms with Gasteiger partial charge in [-0.05, 0) is 70.1 Å². The first-order valence-electron chi connectivity index (χ1n) is 15.1. The van der Waals surface area contributed by atoms with Gasteiger partial charge in [-0.3, -0.25) is 0 Å². The van der Waals surface area contributed by atoms with Crippen LogP contribution in [0.3, 0.4) is 0 Å². The summed E-state index contributed by atoms with van der Waals surface area (Å²) in [6, 6.07) is 52.8. The van der Waals surface area contributed by atoms with Gasteiger partial charge in [-0.25, -0.2) is 4.98 Å². The predicted octanol–water partition coefficient (Wildman–Crippen LogP) is 12.6. The summed E-state index contributed by atoms with van der Waals surface area (Å²) in [4.78, 5) is 8.96. The molecule has 45 heavy (non-hydrogen) atoms. The molecule has 10 rings (SSSR count). The fraction of sp³-hybridized carbons (Fsp3) is 0. The van der Waals surface area contributed by atoms with Crippen molar-refractivity contribution in [3.63, 3.8) is 0 Å². The summed E-state index contributed by atoms with van der Waals surface area (Å²) in [5, 5.41) is 8.69. The Bertz CT molecular complexity index is 2610. The molecule has 0 amide bonds. The molecule has 0 saturated carbocycles. The molecule has 2 aromatic heterocycles. The summed E-state index contributed by atoms with van der Waals surface area (Å²) in [7, 11) is 0. The molecule has 0 aliphatic heterocycles. The lowest BCUT2D eigenvalue weighted by atomic mass is 10.0. The van der Waals surface area contributed by atoms with Crippen molar-refractivity contribution in [2.75, 3.05) is 4.90 Å². The molecule has 0 saturated heterocycles. The van der Waals surface area contributed by atoms with E-state index in [1.807, 2.05) is 22.7 Å². The van der Waals surface area contributed by atoms with Crippen LogP contribution in [-0.4, -0.2) is 4.98 Å². The summed E-state index contributed by atoms with van der Waals surface area (Å²) < 4.78 is 2.63. The van der Waals surface area contributed by atoms with Crippen molar-refractivity contribution in [3.8, 4) is 32.3 Å². The third-order valence-corrected chi connectivity index (χ3v) is 11.3. The van der Waals surface area contributed by atoms with Crippen LogP contribution in [0.1, 0.15) is 0 Å². The van der Waals surface area contributed by atoms with Gasteiger partial charge in [0.15, 0.2) is 0 Å². The molecule has 7 aromatic carbocycles. The van der Waals surface area contributed by atoms with Gasteiger partial charge in [0.2, 0.25) is 0 Å². The Morgan fingerprint density at radius 1 is 0.444 bits per heavy atom. The number of thiophene rings is 1. The number of para-hydroxylation sites is 1. The minimum absolute atomic E-state index is 1.07. The maximum absolute atomic E-state index is 5.31. The number of hydrogen-bond acceptors (Lipinski definition) is 4. The van der Waals surface area contributed by atoms with Crippen molar-refractivity contribution in [3.05, 3.63) is 146 Å². The lowest BCUT2D eigenvalue weighted by Gasteiger charge is -2.26. The second-order valence-corrected chi connectivity index (χ2v) is 13.7. The van der Waals surface area contributed by atoms with Crippen LogP contribution in [0.4, 0.5) is 17.1 Å². The molecule has 0 N–H and O–H groups in total. The highest BCUT2D eigenvalue weighted by atomic mass is 32.1. The summed E-state index contributed by atoms with van der Waals surface area (Å²) in [5.74, 6) is 0. The van der Waals surface area contributed by atoms with Crippen LogP contribution >= 0.6 is 22.7 Å². The van der Waals surface area contributed by atoms with Crippen molar-refractivity contribution >= 4 is 81.5 Å². The van der Waals surface area contributed by atoms with E-state index in [0.717, 1.165) is 27.8 Å². The Kier molecular flexibility index (Phi) is 5.35. The molecule has 0 atom stereocenters. The minimum atomic E-state index is 1.07. The zero-order chi connectivity index (χ0) is 29.5. The smallest absolute Gasteiger partial charge is 0.125 e. The van der Waals surface area contributed by atoms with Gasteiger partial charge in [0.1, 0.15) is 5.01 Å². The fourth-order valence-electron chi connectivity index (χ4n) is 7.01. The molecule has 0 bridgehead atoms. The zero-order valence-corrected chi connectivity index (χ0v) is 25.7. The van der Waals surface area contributed by atoms with Crippen molar-refractivity contribution < 1.29 is 0 Å². The SMILES string of the molecule is c1ccc(N(c2cc3c4c(cccc4c2)-c2nc(-c4cccc5ccccc45)sc2-3)c2ccc3sc4ccccc4c3c2)cc1. The highest BCUT2D eigenvalue weighted by Gasteiger charge is 2.28. The lowest BCUT2D eigenvalue weighted by molar-refractivity contribution is 1.30. The van der Waals surface area contributed by atoms with Crippen molar-refractivity contribution in [1.82, 2.24) is 4.98 Å². The molecule has 0 spiro atoms. The predicted molar refractivity (Wildman–Crippen MR) is 195 cm³/mol. The van der Waals surface area contributed by atoms with Gasteiger partial charge in [-0.1, -0.05) is 97.1 Å². The number of aromatic nitrogens is 1. The van der Waals surface area contributed by atoms with Gasteiger partial charge in [0.25, 0.3) is 0 Å². The van der Waals surface area contributed by atoms with Crippen molar-refractivity contribution in [2.24, 2.45) is 0 Å². The van der Waals surface area contributed by atoms with E-state index in [1.165, 1.54) is 63.3 Å². The molecular formula is C41H24N2S2. The number of thiazole rings is 1. The first-order chi connectivity index (χ1) is 22.3. The molecule has 0 unspecified atom stereocenters. The summed E-state index contributed by atoms with van der Waals surface area (Å²) in [6.45, 7) is 0. The molecule has 4 heteroatoms. The number of hydrogen-bond donors (Lipinski definition) is 0. The van der Waals surface area contributed by atoms with E-state index in [2.05, 4.69) is 150 Å². The van der Waals surface area contributed by atoms with Gasteiger partial charge in [0, 0.05) is 53.9 Å². The maximum atomic E-state index is 5.31. The standard InChI is InChI=1S/C41H24N2S2/c1-2-13-27(14-3-1)43(28-20-21-37-34(23-28)31-16-6-7-19-36(31)44-37)29-22-26-12-9-18-33-38(26)35(24-29)40-39(33)42-41(45-40)32-17-8-11-25-10-4-5-15-30(25)32/h1-24H. The van der Waals surface area contributed by atoms with E-state index in [1.54, 1.807) is 0 Å². The van der Waals surface area contributed by atoms with Gasteiger partial charge in [-0.15, -0.1) is 22.7 Å². The molecule has 210 valence electrons. The third kappa shape index (κ3) is 3.77. The van der Waals surface area contributed by atoms with E-state index in [9.17, 15) is 0 Å². The maximum Gasteiger partial charge on any atom is 0.125 e. The average molecular weight is 609 g/mol. The summed E-state index contributed by atoms with van der Waals surface area (Å²) >= 11 is 3.67. The Morgan fingerprint density at radius 3 is 2.09 bits per heavy atom. The van der Waals surface area contributed by atoms with Crippen molar-refractivity contribution in [1.29, 1.82) is 0 Å². The van der Waals surface area contributed by atoms with Crippen LogP contribution < -0.4 is 4.90 Å². The second-order valence-electron chi connectivity index (χ2n) is 11.6. The van der Waals surface area contributed by atoms with Gasteiger partial charge >= 0.3 is 0 Å². The molecule has 0 radical (unpaired) electrons. The number of benzene rings is 7. The first kappa shape index (κ1) is 25.1. The average Bonchev–Trinajstić information content (AvgIpc) is 3.77. The molecule has 2 heterocycles. The Labute approximate surface area is 268 Å². The van der Waals surface area contributed by atoms with E-state index in [-0.39, 0.29) is 0 Å². The first-order valence-corrected chi connectivity index (χ1v) is 16.8. The van der Waals surface area contributed by atoms with Crippen LogP contribution in [0.15, 0.2) is 146 Å². The summed E-state index contributed by atoms with van der Waals surface area (Å²) in [5.41, 5.74) is 8.21. The number of rotatable bonds is 4. The van der Waals surface area contributed by atoms with Crippen LogP contribution in [0.2, 0.25) is 0 Å². The van der Waals surface area contributed by atoms with E-state index >= 15 is 0 Å². The molecule has 9 aromatic rings. The van der Waals surface area contributed by atoms with Crippen LogP contribution in [0.25, 0.3) is 74.0 Å². The van der Waals surface area contributed by atoms with E-state index in [4.69, 9.17) is 4.98 Å². The third-order valence-electron chi connectivity index (χ3n) is 9.00. The molecule has 0 fully saturated rings. The fourth-order valence-corrected chi connectivity index (χ4v) is 9.24. The van der Waals surface area contributed by atoms with Crippen LogP contribution in [-0.2, 0) is 0 Å². The monoisotopic (exact) mass is 608 g/mol. The van der Waals surface area contributed by atoms with Gasteiger partial charge in [0.05, 0.1) is 10.6 Å². The van der Waals surface area contributed by atoms with Crippen LogP contribution in [0, 0.1) is 0 Å². The second kappa shape index (κ2) is 9.60. The number of fused-ring (bicyclic) bond motifs is 7. The van der Waals surface area contributed by atoms with Crippen molar-refractivity contribution in [2.45, 2.75) is 0 Å². The highest BCUT2D eigenvalue weighted by molar-refractivity contribution is 7.25. The Morgan fingerprint density at radius 2 is 1.18 bits per heavy atom. The zero-order valence-electron chi connectivity index (χ0n) is 24.1. The van der Waals surface area contributed by atoms with Gasteiger partial charge in [-0.2, -0.15) is 0 Å². The minimum Gasteiger partial charge on any atom is -0.310 e. The molecule has 1 aliphatic rings. The highest BCUT2D eigenvalue weighted by Crippen LogP contribution is 2.54. The molecule has 2 nitrogen and oxygen atoms in total. The quantitative estimate of drug-likeness (QED) is 0.198. The number of nitrogens with zero attached hydrogens (tertiary/aromatic N) is 2. The molecule has 1 aliphatic carbocycles.